The number of likely N-dealkylation sites (tertiary alicyclic amines) is 1. The van der Waals surface area contributed by atoms with Crippen LogP contribution >= 0.6 is 0 Å². The predicted molar refractivity (Wildman–Crippen MR) is 89.3 cm³/mol. The Labute approximate surface area is 137 Å². The van der Waals surface area contributed by atoms with E-state index in [1.807, 2.05) is 6.92 Å². The van der Waals surface area contributed by atoms with Crippen LogP contribution in [-0.2, 0) is 14.8 Å². The van der Waals surface area contributed by atoms with Crippen molar-refractivity contribution in [2.24, 2.45) is 16.3 Å². The molecule has 2 unspecified atom stereocenters. The van der Waals surface area contributed by atoms with Crippen molar-refractivity contribution in [2.75, 3.05) is 25.0 Å². The Morgan fingerprint density at radius 3 is 2.48 bits per heavy atom. The van der Waals surface area contributed by atoms with Crippen LogP contribution in [0.2, 0.25) is 0 Å². The number of primary sulfonamides is 1. The maximum absolute atomic E-state index is 12.4. The first-order chi connectivity index (χ1) is 10.6. The third-order valence-corrected chi connectivity index (χ3v) is 5.39. The summed E-state index contributed by atoms with van der Waals surface area (Å²) in [6.07, 6.45) is 0.976. The van der Waals surface area contributed by atoms with Crippen molar-refractivity contribution in [3.8, 4) is 0 Å². The summed E-state index contributed by atoms with van der Waals surface area (Å²) in [6, 6.07) is 5.52. The van der Waals surface area contributed by atoms with Gasteiger partial charge in [-0.3, -0.25) is 9.69 Å². The highest BCUT2D eigenvalue weighted by Crippen LogP contribution is 2.30. The van der Waals surface area contributed by atoms with Gasteiger partial charge in [0, 0.05) is 12.2 Å². The fourth-order valence-electron chi connectivity index (χ4n) is 2.70. The standard InChI is InChI=1S/C15H24N4O3S/c1-11(19-8-7-15(2,9-16)10-19)14(20)18-12-3-5-13(6-4-12)23(17,21)22/h3-6,11H,7-10,16H2,1-2H3,(H,18,20)(H2,17,21,22). The molecule has 1 heterocycles. The van der Waals surface area contributed by atoms with Crippen LogP contribution in [0.3, 0.4) is 0 Å². The van der Waals surface area contributed by atoms with Crippen LogP contribution < -0.4 is 16.2 Å². The molecule has 1 saturated heterocycles. The first-order valence-electron chi connectivity index (χ1n) is 7.52. The Morgan fingerprint density at radius 1 is 1.39 bits per heavy atom. The van der Waals surface area contributed by atoms with E-state index in [1.54, 1.807) is 0 Å². The summed E-state index contributed by atoms with van der Waals surface area (Å²) in [5.74, 6) is -0.130. The summed E-state index contributed by atoms with van der Waals surface area (Å²) in [4.78, 5) is 14.5. The Bertz CT molecular complexity index is 674. The minimum Gasteiger partial charge on any atom is -0.330 e. The fourth-order valence-corrected chi connectivity index (χ4v) is 3.22. The summed E-state index contributed by atoms with van der Waals surface area (Å²) in [5.41, 5.74) is 6.39. The normalized spacial score (nSPS) is 23.7. The highest BCUT2D eigenvalue weighted by molar-refractivity contribution is 7.89. The van der Waals surface area contributed by atoms with E-state index in [9.17, 15) is 13.2 Å². The molecule has 2 rings (SSSR count). The third-order valence-electron chi connectivity index (χ3n) is 4.46. The van der Waals surface area contributed by atoms with Gasteiger partial charge in [-0.2, -0.15) is 0 Å². The van der Waals surface area contributed by atoms with E-state index in [-0.39, 0.29) is 22.3 Å². The Kier molecular flexibility index (Phi) is 5.10. The molecule has 0 bridgehead atoms. The zero-order valence-corrected chi connectivity index (χ0v) is 14.3. The lowest BCUT2D eigenvalue weighted by molar-refractivity contribution is -0.120. The first kappa shape index (κ1) is 17.9. The van der Waals surface area contributed by atoms with E-state index in [0.717, 1.165) is 19.5 Å². The smallest absolute Gasteiger partial charge is 0.241 e. The van der Waals surface area contributed by atoms with Crippen LogP contribution in [0.5, 0.6) is 0 Å². The Morgan fingerprint density at radius 2 is 2.00 bits per heavy atom. The summed E-state index contributed by atoms with van der Waals surface area (Å²) < 4.78 is 22.4. The Hall–Kier alpha value is -1.48. The number of carbonyl (C=O) groups excluding carboxylic acids is 1. The highest BCUT2D eigenvalue weighted by Gasteiger charge is 2.36. The number of hydrogen-bond donors (Lipinski definition) is 3. The lowest BCUT2D eigenvalue weighted by Gasteiger charge is -2.26. The van der Waals surface area contributed by atoms with Crippen LogP contribution in [0.4, 0.5) is 5.69 Å². The number of anilines is 1. The van der Waals surface area contributed by atoms with Gasteiger partial charge in [-0.1, -0.05) is 6.92 Å². The molecule has 1 fully saturated rings. The third kappa shape index (κ3) is 4.29. The fraction of sp³-hybridized carbons (Fsp3) is 0.533. The van der Waals surface area contributed by atoms with Crippen LogP contribution in [-0.4, -0.2) is 44.9 Å². The van der Waals surface area contributed by atoms with Gasteiger partial charge < -0.3 is 11.1 Å². The average Bonchev–Trinajstić information content (AvgIpc) is 2.89. The molecule has 7 nitrogen and oxygen atoms in total. The molecule has 1 aromatic carbocycles. The maximum atomic E-state index is 12.4. The number of nitrogens with zero attached hydrogens (tertiary/aromatic N) is 1. The summed E-state index contributed by atoms with van der Waals surface area (Å²) in [5, 5.41) is 7.84. The van der Waals surface area contributed by atoms with Gasteiger partial charge in [0.2, 0.25) is 15.9 Å². The van der Waals surface area contributed by atoms with Crippen LogP contribution in [0, 0.1) is 5.41 Å². The summed E-state index contributed by atoms with van der Waals surface area (Å²) >= 11 is 0. The number of nitrogens with two attached hydrogens (primary N) is 2. The number of rotatable bonds is 5. The molecule has 1 aliphatic rings. The SMILES string of the molecule is CC(C(=O)Nc1ccc(S(N)(=O)=O)cc1)N1CCC(C)(CN)C1. The Balaban J connectivity index is 1.99. The largest absolute Gasteiger partial charge is 0.330 e. The van der Waals surface area contributed by atoms with Gasteiger partial charge in [-0.15, -0.1) is 0 Å². The molecule has 0 saturated carbocycles. The zero-order chi connectivity index (χ0) is 17.3. The van der Waals surface area contributed by atoms with E-state index in [1.165, 1.54) is 24.3 Å². The van der Waals surface area contributed by atoms with Crippen molar-refractivity contribution in [1.29, 1.82) is 0 Å². The van der Waals surface area contributed by atoms with E-state index >= 15 is 0 Å². The lowest BCUT2D eigenvalue weighted by Crippen LogP contribution is -2.42. The van der Waals surface area contributed by atoms with Crippen molar-refractivity contribution in [3.63, 3.8) is 0 Å². The first-order valence-corrected chi connectivity index (χ1v) is 9.07. The molecular formula is C15H24N4O3S. The number of carbonyl (C=O) groups is 1. The maximum Gasteiger partial charge on any atom is 0.241 e. The highest BCUT2D eigenvalue weighted by atomic mass is 32.2. The number of hydrogen-bond acceptors (Lipinski definition) is 5. The molecular weight excluding hydrogens is 316 g/mol. The van der Waals surface area contributed by atoms with E-state index in [4.69, 9.17) is 10.9 Å². The second-order valence-electron chi connectivity index (χ2n) is 6.47. The van der Waals surface area contributed by atoms with Gasteiger partial charge in [0.1, 0.15) is 0 Å². The van der Waals surface area contributed by atoms with Crippen molar-refractivity contribution in [3.05, 3.63) is 24.3 Å². The summed E-state index contributed by atoms with van der Waals surface area (Å²) in [6.45, 7) is 6.22. The minimum absolute atomic E-state index is 0.0156. The van der Waals surface area contributed by atoms with Crippen LogP contribution in [0.25, 0.3) is 0 Å². The van der Waals surface area contributed by atoms with Gasteiger partial charge >= 0.3 is 0 Å². The van der Waals surface area contributed by atoms with Gasteiger partial charge in [-0.25, -0.2) is 13.6 Å². The van der Waals surface area contributed by atoms with Crippen molar-refractivity contribution in [1.82, 2.24) is 4.90 Å². The molecule has 0 aliphatic carbocycles. The molecule has 0 aromatic heterocycles. The second kappa shape index (κ2) is 6.56. The van der Waals surface area contributed by atoms with Crippen molar-refractivity contribution >= 4 is 21.6 Å². The summed E-state index contributed by atoms with van der Waals surface area (Å²) in [7, 11) is -3.73. The molecule has 0 spiro atoms. The van der Waals surface area contributed by atoms with Gasteiger partial charge in [0.15, 0.2) is 0 Å². The lowest BCUT2D eigenvalue weighted by atomic mass is 9.90. The zero-order valence-electron chi connectivity index (χ0n) is 13.5. The van der Waals surface area contributed by atoms with Crippen LogP contribution in [0.1, 0.15) is 20.3 Å². The molecule has 2 atom stereocenters. The molecule has 5 N–H and O–H groups in total. The van der Waals surface area contributed by atoms with Gasteiger partial charge in [0.05, 0.1) is 10.9 Å². The molecule has 8 heteroatoms. The second-order valence-corrected chi connectivity index (χ2v) is 8.03. The number of sulfonamides is 1. The molecule has 128 valence electrons. The topological polar surface area (TPSA) is 119 Å². The van der Waals surface area contributed by atoms with Gasteiger partial charge in [0.25, 0.3) is 0 Å². The molecule has 23 heavy (non-hydrogen) atoms. The molecule has 1 amide bonds. The number of benzene rings is 1. The van der Waals surface area contributed by atoms with Crippen molar-refractivity contribution in [2.45, 2.75) is 31.2 Å². The monoisotopic (exact) mass is 340 g/mol. The van der Waals surface area contributed by atoms with Gasteiger partial charge in [-0.05, 0) is 56.1 Å². The quantitative estimate of drug-likeness (QED) is 0.714. The van der Waals surface area contributed by atoms with Crippen molar-refractivity contribution < 1.29 is 13.2 Å². The van der Waals surface area contributed by atoms with E-state index < -0.39 is 10.0 Å². The van der Waals surface area contributed by atoms with Crippen LogP contribution in [0.15, 0.2) is 29.2 Å². The molecule has 1 aliphatic heterocycles. The average molecular weight is 340 g/mol. The predicted octanol–water partition coefficient (Wildman–Crippen LogP) is 0.332. The number of nitrogens with one attached hydrogen (secondary N) is 1. The van der Waals surface area contributed by atoms with E-state index in [0.29, 0.717) is 12.2 Å². The number of amides is 1. The van der Waals surface area contributed by atoms with E-state index in [2.05, 4.69) is 17.1 Å². The molecule has 1 aromatic rings. The minimum atomic E-state index is -3.73. The molecule has 0 radical (unpaired) electrons.